The summed E-state index contributed by atoms with van der Waals surface area (Å²) in [5.74, 6) is 1.47. The molecule has 0 aliphatic carbocycles. The number of hydrogen-bond donors (Lipinski definition) is 1. The van der Waals surface area contributed by atoms with Crippen molar-refractivity contribution >= 4 is 0 Å². The molecule has 20 heavy (non-hydrogen) atoms. The first-order valence-corrected chi connectivity index (χ1v) is 6.63. The van der Waals surface area contributed by atoms with Crippen molar-refractivity contribution < 1.29 is 14.6 Å². The van der Waals surface area contributed by atoms with Crippen LogP contribution in [0.1, 0.15) is 22.8 Å². The Kier molecular flexibility index (Phi) is 4.64. The molecule has 0 bridgehead atoms. The summed E-state index contributed by atoms with van der Waals surface area (Å²) < 4.78 is 11.0. The number of hydrogen-bond acceptors (Lipinski definition) is 3. The summed E-state index contributed by atoms with van der Waals surface area (Å²) in [5, 5.41) is 10.3. The molecule has 1 N–H and O–H groups in total. The van der Waals surface area contributed by atoms with Crippen molar-refractivity contribution in [3.63, 3.8) is 0 Å². The smallest absolute Gasteiger partial charge is 0.124 e. The van der Waals surface area contributed by atoms with E-state index in [0.29, 0.717) is 5.75 Å². The zero-order valence-corrected chi connectivity index (χ0v) is 12.1. The van der Waals surface area contributed by atoms with E-state index in [1.54, 1.807) is 7.11 Å². The van der Waals surface area contributed by atoms with E-state index in [9.17, 15) is 5.11 Å². The second-order valence-corrected chi connectivity index (χ2v) is 4.84. The summed E-state index contributed by atoms with van der Waals surface area (Å²) >= 11 is 0. The second-order valence-electron chi connectivity index (χ2n) is 4.84. The van der Waals surface area contributed by atoms with Crippen molar-refractivity contribution in [1.82, 2.24) is 0 Å². The van der Waals surface area contributed by atoms with Crippen LogP contribution >= 0.6 is 0 Å². The predicted molar refractivity (Wildman–Crippen MR) is 79.4 cm³/mol. The van der Waals surface area contributed by atoms with Crippen LogP contribution in [0, 0.1) is 13.8 Å². The molecule has 2 aromatic rings. The quantitative estimate of drug-likeness (QED) is 0.906. The molecule has 0 aliphatic rings. The van der Waals surface area contributed by atoms with E-state index in [4.69, 9.17) is 9.47 Å². The van der Waals surface area contributed by atoms with Gasteiger partial charge in [-0.05, 0) is 37.6 Å². The summed E-state index contributed by atoms with van der Waals surface area (Å²) in [4.78, 5) is 0. The third kappa shape index (κ3) is 3.31. The van der Waals surface area contributed by atoms with Gasteiger partial charge < -0.3 is 14.6 Å². The maximum atomic E-state index is 10.3. The molecule has 0 fully saturated rings. The fraction of sp³-hybridized carbons (Fsp3) is 0.294. The number of rotatable bonds is 5. The number of para-hydroxylation sites is 1. The standard InChI is InChI=1S/C17H20O3/c1-12-8-9-17(19-3)14(10-12)15(18)11-20-16-7-5-4-6-13(16)2/h4-10,15,18H,11H2,1-3H3. The third-order valence-corrected chi connectivity index (χ3v) is 3.23. The minimum Gasteiger partial charge on any atom is -0.496 e. The van der Waals surface area contributed by atoms with Gasteiger partial charge in [0.25, 0.3) is 0 Å². The molecule has 0 aliphatic heterocycles. The molecule has 106 valence electrons. The lowest BCUT2D eigenvalue weighted by molar-refractivity contribution is 0.105. The minimum absolute atomic E-state index is 0.199. The van der Waals surface area contributed by atoms with Gasteiger partial charge in [-0.25, -0.2) is 0 Å². The number of ether oxygens (including phenoxy) is 2. The second kappa shape index (κ2) is 6.44. The van der Waals surface area contributed by atoms with Crippen molar-refractivity contribution in [2.24, 2.45) is 0 Å². The van der Waals surface area contributed by atoms with Crippen LogP contribution in [0.25, 0.3) is 0 Å². The van der Waals surface area contributed by atoms with E-state index in [0.717, 1.165) is 22.4 Å². The molecule has 2 rings (SSSR count). The van der Waals surface area contributed by atoms with E-state index >= 15 is 0 Å². The van der Waals surface area contributed by atoms with Gasteiger partial charge in [-0.15, -0.1) is 0 Å². The maximum Gasteiger partial charge on any atom is 0.124 e. The van der Waals surface area contributed by atoms with Crippen molar-refractivity contribution in [1.29, 1.82) is 0 Å². The van der Waals surface area contributed by atoms with Gasteiger partial charge in [-0.2, -0.15) is 0 Å². The van der Waals surface area contributed by atoms with Gasteiger partial charge in [0.05, 0.1) is 7.11 Å². The van der Waals surface area contributed by atoms with Crippen LogP contribution < -0.4 is 9.47 Å². The van der Waals surface area contributed by atoms with Gasteiger partial charge >= 0.3 is 0 Å². The van der Waals surface area contributed by atoms with E-state index in [2.05, 4.69) is 0 Å². The molecule has 1 unspecified atom stereocenters. The molecule has 2 aromatic carbocycles. The number of aryl methyl sites for hydroxylation is 2. The summed E-state index contributed by atoms with van der Waals surface area (Å²) in [6.45, 7) is 4.16. The highest BCUT2D eigenvalue weighted by Crippen LogP contribution is 2.27. The number of benzene rings is 2. The Balaban J connectivity index is 2.11. The van der Waals surface area contributed by atoms with Crippen LogP contribution in [-0.2, 0) is 0 Å². The zero-order valence-electron chi connectivity index (χ0n) is 12.1. The van der Waals surface area contributed by atoms with E-state index < -0.39 is 6.10 Å². The van der Waals surface area contributed by atoms with Crippen LogP contribution in [-0.4, -0.2) is 18.8 Å². The SMILES string of the molecule is COc1ccc(C)cc1C(O)COc1ccccc1C. The monoisotopic (exact) mass is 272 g/mol. The molecule has 0 spiro atoms. The van der Waals surface area contributed by atoms with Gasteiger partial charge in [-0.3, -0.25) is 0 Å². The van der Waals surface area contributed by atoms with E-state index in [-0.39, 0.29) is 6.61 Å². The Labute approximate surface area is 119 Å². The van der Waals surface area contributed by atoms with Gasteiger partial charge in [0.2, 0.25) is 0 Å². The molecular formula is C17H20O3. The molecule has 0 radical (unpaired) electrons. The number of aliphatic hydroxyl groups is 1. The lowest BCUT2D eigenvalue weighted by Crippen LogP contribution is -2.11. The summed E-state index contributed by atoms with van der Waals surface area (Å²) in [5.41, 5.74) is 2.88. The molecule has 0 heterocycles. The van der Waals surface area contributed by atoms with Gasteiger partial charge in [0.15, 0.2) is 0 Å². The molecule has 1 atom stereocenters. The lowest BCUT2D eigenvalue weighted by atomic mass is 10.1. The van der Waals surface area contributed by atoms with Crippen LogP contribution in [0.15, 0.2) is 42.5 Å². The summed E-state index contributed by atoms with van der Waals surface area (Å²) in [6, 6.07) is 13.5. The molecule has 0 aromatic heterocycles. The predicted octanol–water partition coefficient (Wildman–Crippen LogP) is 3.42. The van der Waals surface area contributed by atoms with Crippen molar-refractivity contribution in [3.05, 3.63) is 59.2 Å². The Morgan fingerprint density at radius 2 is 1.80 bits per heavy atom. The van der Waals surface area contributed by atoms with Crippen LogP contribution in [0.3, 0.4) is 0 Å². The first-order chi connectivity index (χ1) is 9.61. The van der Waals surface area contributed by atoms with Gasteiger partial charge in [0, 0.05) is 5.56 Å². The third-order valence-electron chi connectivity index (χ3n) is 3.23. The Hall–Kier alpha value is -2.00. The van der Waals surface area contributed by atoms with Crippen molar-refractivity contribution in [3.8, 4) is 11.5 Å². The van der Waals surface area contributed by atoms with Crippen molar-refractivity contribution in [2.75, 3.05) is 13.7 Å². The van der Waals surface area contributed by atoms with Crippen LogP contribution in [0.2, 0.25) is 0 Å². The first-order valence-electron chi connectivity index (χ1n) is 6.63. The van der Waals surface area contributed by atoms with Crippen molar-refractivity contribution in [2.45, 2.75) is 20.0 Å². The molecule has 0 amide bonds. The first kappa shape index (κ1) is 14.4. The Morgan fingerprint density at radius 3 is 2.50 bits per heavy atom. The average Bonchev–Trinajstić information content (AvgIpc) is 2.46. The van der Waals surface area contributed by atoms with E-state index in [1.165, 1.54) is 0 Å². The lowest BCUT2D eigenvalue weighted by Gasteiger charge is -2.17. The normalized spacial score (nSPS) is 12.0. The van der Waals surface area contributed by atoms with Crippen LogP contribution in [0.5, 0.6) is 11.5 Å². The number of methoxy groups -OCH3 is 1. The minimum atomic E-state index is -0.718. The molecular weight excluding hydrogens is 252 g/mol. The summed E-state index contributed by atoms with van der Waals surface area (Å²) in [7, 11) is 1.60. The molecule has 0 saturated carbocycles. The topological polar surface area (TPSA) is 38.7 Å². The zero-order chi connectivity index (χ0) is 14.5. The largest absolute Gasteiger partial charge is 0.496 e. The molecule has 3 heteroatoms. The Morgan fingerprint density at radius 1 is 1.05 bits per heavy atom. The fourth-order valence-corrected chi connectivity index (χ4v) is 2.09. The van der Waals surface area contributed by atoms with Gasteiger partial charge in [0.1, 0.15) is 24.2 Å². The number of aliphatic hydroxyl groups excluding tert-OH is 1. The van der Waals surface area contributed by atoms with Gasteiger partial charge in [-0.1, -0.05) is 29.8 Å². The molecule has 3 nitrogen and oxygen atoms in total. The summed E-state index contributed by atoms with van der Waals surface area (Å²) in [6.07, 6.45) is -0.718. The fourth-order valence-electron chi connectivity index (χ4n) is 2.09. The Bertz CT molecular complexity index is 578. The highest BCUT2D eigenvalue weighted by Gasteiger charge is 2.14. The van der Waals surface area contributed by atoms with E-state index in [1.807, 2.05) is 56.3 Å². The maximum absolute atomic E-state index is 10.3. The average molecular weight is 272 g/mol. The highest BCUT2D eigenvalue weighted by atomic mass is 16.5. The van der Waals surface area contributed by atoms with Crippen LogP contribution in [0.4, 0.5) is 0 Å². The highest BCUT2D eigenvalue weighted by molar-refractivity contribution is 5.39. The molecule has 0 saturated heterocycles.